The first-order valence-electron chi connectivity index (χ1n) is 6.87. The number of aliphatic imine (C=N–C) groups is 1. The number of likely N-dealkylation sites (N-methyl/N-ethyl adjacent to an activating group) is 1. The van der Waals surface area contributed by atoms with Crippen molar-refractivity contribution in [2.24, 2.45) is 4.99 Å². The molecule has 0 bridgehead atoms. The molecule has 3 N–H and O–H groups in total. The molecule has 0 aromatic heterocycles. The van der Waals surface area contributed by atoms with Gasteiger partial charge >= 0.3 is 0 Å². The summed E-state index contributed by atoms with van der Waals surface area (Å²) in [6.07, 6.45) is 0.720. The van der Waals surface area contributed by atoms with Crippen LogP contribution >= 0.6 is 28.6 Å². The molecule has 0 spiro atoms. The maximum Gasteiger partial charge on any atom is 0.121 e. The third-order valence-corrected chi connectivity index (χ3v) is 4.13. The van der Waals surface area contributed by atoms with Crippen LogP contribution in [0.4, 0.5) is 0 Å². The number of rotatable bonds is 1. The van der Waals surface area contributed by atoms with E-state index in [9.17, 15) is 5.11 Å². The standard InChI is InChI=1S/C17H17ClN2O.BrH.H2O/c1-20(2)15-10-11-6-5-9-14(21)16(11)17(19-15)12-7-3-4-8-13(12)18;;/h3-9,17,21H,10H2,1-2H3;1H;1H2. The number of hydrogen-bond acceptors (Lipinski definition) is 3. The summed E-state index contributed by atoms with van der Waals surface area (Å²) in [4.78, 5) is 6.82. The van der Waals surface area contributed by atoms with E-state index in [1.165, 1.54) is 0 Å². The van der Waals surface area contributed by atoms with Crippen LogP contribution in [0.25, 0.3) is 0 Å². The van der Waals surface area contributed by atoms with Crippen LogP contribution in [0.15, 0.2) is 47.5 Å². The van der Waals surface area contributed by atoms with Gasteiger partial charge in [0.05, 0.1) is 0 Å². The van der Waals surface area contributed by atoms with E-state index in [1.807, 2.05) is 55.4 Å². The van der Waals surface area contributed by atoms with Crippen molar-refractivity contribution in [1.29, 1.82) is 0 Å². The zero-order chi connectivity index (χ0) is 15.0. The molecule has 0 radical (unpaired) electrons. The molecule has 0 amide bonds. The van der Waals surface area contributed by atoms with Crippen molar-refractivity contribution in [3.8, 4) is 5.75 Å². The second-order valence-electron chi connectivity index (χ2n) is 5.39. The summed E-state index contributed by atoms with van der Waals surface area (Å²) in [6.45, 7) is 0. The van der Waals surface area contributed by atoms with Gasteiger partial charge in [-0.2, -0.15) is 0 Å². The molecular weight excluding hydrogens is 380 g/mol. The van der Waals surface area contributed by atoms with E-state index in [4.69, 9.17) is 16.6 Å². The number of amidine groups is 1. The summed E-state index contributed by atoms with van der Waals surface area (Å²) in [5.74, 6) is 1.26. The molecule has 23 heavy (non-hydrogen) atoms. The summed E-state index contributed by atoms with van der Waals surface area (Å²) in [5, 5.41) is 10.9. The zero-order valence-electron chi connectivity index (χ0n) is 13.0. The Bertz CT molecular complexity index is 719. The van der Waals surface area contributed by atoms with Crippen LogP contribution in [0.3, 0.4) is 0 Å². The third-order valence-electron chi connectivity index (χ3n) is 3.79. The van der Waals surface area contributed by atoms with Crippen LogP contribution in [-0.2, 0) is 6.42 Å². The van der Waals surface area contributed by atoms with Crippen LogP contribution in [0.1, 0.15) is 22.7 Å². The van der Waals surface area contributed by atoms with E-state index in [0.29, 0.717) is 5.02 Å². The van der Waals surface area contributed by atoms with Gasteiger partial charge in [0, 0.05) is 31.1 Å². The number of aromatic hydroxyl groups is 1. The molecule has 124 valence electrons. The zero-order valence-corrected chi connectivity index (χ0v) is 15.4. The Morgan fingerprint density at radius 3 is 2.48 bits per heavy atom. The molecule has 1 unspecified atom stereocenters. The highest BCUT2D eigenvalue weighted by Gasteiger charge is 2.27. The van der Waals surface area contributed by atoms with E-state index in [-0.39, 0.29) is 34.2 Å². The van der Waals surface area contributed by atoms with E-state index >= 15 is 0 Å². The highest BCUT2D eigenvalue weighted by Crippen LogP contribution is 2.40. The van der Waals surface area contributed by atoms with Gasteiger partial charge in [-0.25, -0.2) is 0 Å². The van der Waals surface area contributed by atoms with Crippen molar-refractivity contribution in [3.63, 3.8) is 0 Å². The smallest absolute Gasteiger partial charge is 0.121 e. The fourth-order valence-corrected chi connectivity index (χ4v) is 2.93. The lowest BCUT2D eigenvalue weighted by atomic mass is 9.89. The normalized spacial score (nSPS) is 15.6. The van der Waals surface area contributed by atoms with Gasteiger partial charge in [0.1, 0.15) is 17.6 Å². The van der Waals surface area contributed by atoms with Crippen LogP contribution < -0.4 is 0 Å². The molecule has 1 aliphatic heterocycles. The summed E-state index contributed by atoms with van der Waals surface area (Å²) in [7, 11) is 3.96. The van der Waals surface area contributed by atoms with Gasteiger partial charge in [-0.3, -0.25) is 4.99 Å². The van der Waals surface area contributed by atoms with Crippen molar-refractivity contribution in [2.75, 3.05) is 14.1 Å². The Morgan fingerprint density at radius 1 is 1.13 bits per heavy atom. The first kappa shape index (κ1) is 19.5. The Morgan fingerprint density at radius 2 is 1.83 bits per heavy atom. The largest absolute Gasteiger partial charge is 0.508 e. The number of fused-ring (bicyclic) bond motifs is 1. The molecule has 1 atom stereocenters. The first-order chi connectivity index (χ1) is 10.1. The molecule has 0 saturated carbocycles. The summed E-state index contributed by atoms with van der Waals surface area (Å²) < 4.78 is 0. The Balaban J connectivity index is 0.00000132. The maximum absolute atomic E-state index is 10.3. The Kier molecular flexibility index (Phi) is 6.62. The summed E-state index contributed by atoms with van der Waals surface area (Å²) in [5.41, 5.74) is 2.87. The second kappa shape index (κ2) is 7.81. The lowest BCUT2D eigenvalue weighted by Gasteiger charge is -2.28. The van der Waals surface area contributed by atoms with Crippen LogP contribution in [0.5, 0.6) is 5.75 Å². The van der Waals surface area contributed by atoms with Gasteiger partial charge in [0.2, 0.25) is 0 Å². The van der Waals surface area contributed by atoms with Crippen molar-refractivity contribution in [1.82, 2.24) is 4.90 Å². The molecule has 3 rings (SSSR count). The average Bonchev–Trinajstić information content (AvgIpc) is 2.47. The number of hydrogen-bond donors (Lipinski definition) is 1. The highest BCUT2D eigenvalue weighted by molar-refractivity contribution is 8.93. The minimum Gasteiger partial charge on any atom is -0.508 e. The van der Waals surface area contributed by atoms with E-state index in [0.717, 1.165) is 28.9 Å². The molecule has 2 aromatic carbocycles. The summed E-state index contributed by atoms with van der Waals surface area (Å²) >= 11 is 6.34. The number of phenols is 1. The quantitative estimate of drug-likeness (QED) is 0.798. The fraction of sp³-hybridized carbons (Fsp3) is 0.235. The molecule has 4 nitrogen and oxygen atoms in total. The summed E-state index contributed by atoms with van der Waals surface area (Å²) in [6, 6.07) is 13.0. The molecule has 6 heteroatoms. The highest BCUT2D eigenvalue weighted by atomic mass is 79.9. The number of nitrogens with zero attached hydrogens (tertiary/aromatic N) is 2. The first-order valence-corrected chi connectivity index (χ1v) is 7.25. The van der Waals surface area contributed by atoms with Gasteiger partial charge in [0.15, 0.2) is 0 Å². The minimum atomic E-state index is -0.263. The van der Waals surface area contributed by atoms with Crippen molar-refractivity contribution >= 4 is 34.4 Å². The monoisotopic (exact) mass is 398 g/mol. The van der Waals surface area contributed by atoms with Gasteiger partial charge in [-0.05, 0) is 23.3 Å². The van der Waals surface area contributed by atoms with Gasteiger partial charge in [-0.1, -0.05) is 41.9 Å². The molecule has 0 aliphatic carbocycles. The molecular formula is C17H20BrClN2O2. The van der Waals surface area contributed by atoms with E-state index < -0.39 is 0 Å². The van der Waals surface area contributed by atoms with Crippen LogP contribution in [0, 0.1) is 0 Å². The molecule has 0 saturated heterocycles. The van der Waals surface area contributed by atoms with Crippen LogP contribution in [0.2, 0.25) is 5.02 Å². The molecule has 0 fully saturated rings. The van der Waals surface area contributed by atoms with E-state index in [1.54, 1.807) is 6.07 Å². The lowest BCUT2D eigenvalue weighted by molar-refractivity contribution is 0.462. The number of benzene rings is 2. The van der Waals surface area contributed by atoms with Gasteiger partial charge < -0.3 is 15.5 Å². The number of phenolic OH excluding ortho intramolecular Hbond substituents is 1. The van der Waals surface area contributed by atoms with Gasteiger partial charge in [0.25, 0.3) is 0 Å². The lowest BCUT2D eigenvalue weighted by Crippen LogP contribution is -2.28. The minimum absolute atomic E-state index is 0. The fourth-order valence-electron chi connectivity index (χ4n) is 2.69. The van der Waals surface area contributed by atoms with Crippen LogP contribution in [-0.4, -0.2) is 35.4 Å². The molecule has 1 aliphatic rings. The Labute approximate surface area is 151 Å². The Hall–Kier alpha value is -1.56. The predicted molar refractivity (Wildman–Crippen MR) is 100 cm³/mol. The third kappa shape index (κ3) is 3.68. The molecule has 2 aromatic rings. The average molecular weight is 400 g/mol. The van der Waals surface area contributed by atoms with Crippen molar-refractivity contribution < 1.29 is 10.6 Å². The van der Waals surface area contributed by atoms with Gasteiger partial charge in [-0.15, -0.1) is 17.0 Å². The topological polar surface area (TPSA) is 67.3 Å². The second-order valence-corrected chi connectivity index (χ2v) is 5.80. The molecule has 1 heterocycles. The van der Waals surface area contributed by atoms with Crippen molar-refractivity contribution in [3.05, 3.63) is 64.2 Å². The van der Waals surface area contributed by atoms with Crippen molar-refractivity contribution in [2.45, 2.75) is 12.5 Å². The maximum atomic E-state index is 10.3. The number of halogens is 2. The predicted octanol–water partition coefficient (Wildman–Crippen LogP) is 3.40. The SMILES string of the molecule is Br.CN(C)C1=NC(c2ccccc2Cl)c2c(O)cccc2C1.O. The van der Waals surface area contributed by atoms with E-state index in [2.05, 4.69) is 0 Å².